The number of aryl methyl sites for hydroxylation is 1. The zero-order valence-corrected chi connectivity index (χ0v) is 18.7. The van der Waals surface area contributed by atoms with Crippen LogP contribution >= 0.6 is 24.0 Å². The molecule has 1 aliphatic rings. The number of nitro benzene ring substituents is 1. The van der Waals surface area contributed by atoms with E-state index in [0.29, 0.717) is 32.8 Å². The van der Waals surface area contributed by atoms with Crippen molar-refractivity contribution in [3.05, 3.63) is 105 Å². The lowest BCUT2D eigenvalue weighted by atomic mass is 10.1. The topological polar surface area (TPSA) is 72.7 Å². The SMILES string of the molecule is Cc1ccc(N2C(=O)/C(=C/c3cc([N+](=O)[O-])ccc3OCc3ccccc3)SC2=S)cc1. The zero-order valence-electron chi connectivity index (χ0n) is 17.1. The minimum Gasteiger partial charge on any atom is -0.488 e. The second kappa shape index (κ2) is 9.33. The van der Waals surface area contributed by atoms with Gasteiger partial charge in [-0.25, -0.2) is 0 Å². The summed E-state index contributed by atoms with van der Waals surface area (Å²) in [6.45, 7) is 2.26. The lowest BCUT2D eigenvalue weighted by Crippen LogP contribution is -2.27. The number of carbonyl (C=O) groups is 1. The van der Waals surface area contributed by atoms with Crippen LogP contribution in [0.5, 0.6) is 5.75 Å². The molecule has 32 heavy (non-hydrogen) atoms. The third kappa shape index (κ3) is 4.71. The number of benzene rings is 3. The number of anilines is 1. The highest BCUT2D eigenvalue weighted by atomic mass is 32.2. The Balaban J connectivity index is 1.66. The van der Waals surface area contributed by atoms with E-state index in [-0.39, 0.29) is 11.6 Å². The van der Waals surface area contributed by atoms with E-state index in [2.05, 4.69) is 0 Å². The van der Waals surface area contributed by atoms with Gasteiger partial charge >= 0.3 is 0 Å². The quantitative estimate of drug-likeness (QED) is 0.197. The van der Waals surface area contributed by atoms with Crippen molar-refractivity contribution >= 4 is 51.7 Å². The van der Waals surface area contributed by atoms with Crippen molar-refractivity contribution in [3.63, 3.8) is 0 Å². The molecule has 0 aromatic heterocycles. The highest BCUT2D eigenvalue weighted by molar-refractivity contribution is 8.27. The van der Waals surface area contributed by atoms with Gasteiger partial charge in [0.1, 0.15) is 12.4 Å². The van der Waals surface area contributed by atoms with Crippen molar-refractivity contribution in [1.29, 1.82) is 0 Å². The maximum atomic E-state index is 13.1. The van der Waals surface area contributed by atoms with Gasteiger partial charge in [0, 0.05) is 17.7 Å². The normalized spacial score (nSPS) is 14.8. The van der Waals surface area contributed by atoms with Gasteiger partial charge in [0.05, 0.1) is 15.5 Å². The minimum atomic E-state index is -0.476. The van der Waals surface area contributed by atoms with E-state index in [9.17, 15) is 14.9 Å². The van der Waals surface area contributed by atoms with Crippen molar-refractivity contribution in [3.8, 4) is 5.75 Å². The first kappa shape index (κ1) is 21.7. The van der Waals surface area contributed by atoms with Crippen LogP contribution in [0.1, 0.15) is 16.7 Å². The monoisotopic (exact) mass is 462 g/mol. The summed E-state index contributed by atoms with van der Waals surface area (Å²) in [5.41, 5.74) is 3.08. The van der Waals surface area contributed by atoms with Gasteiger partial charge < -0.3 is 4.74 Å². The summed E-state index contributed by atoms with van der Waals surface area (Å²) in [5, 5.41) is 11.3. The van der Waals surface area contributed by atoms with Gasteiger partial charge in [0.15, 0.2) is 4.32 Å². The third-order valence-electron chi connectivity index (χ3n) is 4.81. The molecule has 0 N–H and O–H groups in total. The Labute approximate surface area is 194 Å². The van der Waals surface area contributed by atoms with E-state index < -0.39 is 4.92 Å². The molecule has 1 fully saturated rings. The van der Waals surface area contributed by atoms with Gasteiger partial charge in [-0.3, -0.25) is 19.8 Å². The molecular weight excluding hydrogens is 444 g/mol. The molecule has 0 aliphatic carbocycles. The Morgan fingerprint density at radius 3 is 2.50 bits per heavy atom. The fraction of sp³-hybridized carbons (Fsp3) is 0.0833. The molecule has 0 radical (unpaired) electrons. The predicted molar refractivity (Wildman–Crippen MR) is 131 cm³/mol. The van der Waals surface area contributed by atoms with Crippen LogP contribution in [-0.4, -0.2) is 15.2 Å². The molecule has 3 aromatic carbocycles. The lowest BCUT2D eigenvalue weighted by molar-refractivity contribution is -0.384. The highest BCUT2D eigenvalue weighted by Crippen LogP contribution is 2.38. The van der Waals surface area contributed by atoms with E-state index >= 15 is 0 Å². The molecule has 1 amide bonds. The first-order valence-electron chi connectivity index (χ1n) is 9.72. The van der Waals surface area contributed by atoms with Crippen LogP contribution in [0.2, 0.25) is 0 Å². The van der Waals surface area contributed by atoms with Crippen LogP contribution in [-0.2, 0) is 11.4 Å². The number of nitro groups is 1. The van der Waals surface area contributed by atoms with Crippen LogP contribution in [0.25, 0.3) is 6.08 Å². The van der Waals surface area contributed by atoms with Crippen molar-refractivity contribution in [2.45, 2.75) is 13.5 Å². The van der Waals surface area contributed by atoms with Crippen molar-refractivity contribution in [2.24, 2.45) is 0 Å². The number of thioether (sulfide) groups is 1. The van der Waals surface area contributed by atoms with E-state index in [0.717, 1.165) is 22.9 Å². The molecule has 0 atom stereocenters. The average molecular weight is 463 g/mol. The van der Waals surface area contributed by atoms with Crippen LogP contribution < -0.4 is 9.64 Å². The number of nitrogens with zero attached hydrogens (tertiary/aromatic N) is 2. The number of thiocarbonyl (C=S) groups is 1. The molecule has 3 aromatic rings. The number of hydrogen-bond donors (Lipinski definition) is 0. The van der Waals surface area contributed by atoms with Crippen molar-refractivity contribution in [1.82, 2.24) is 0 Å². The Hall–Kier alpha value is -3.49. The molecule has 8 heteroatoms. The van der Waals surface area contributed by atoms with Gasteiger partial charge in [0.25, 0.3) is 11.6 Å². The summed E-state index contributed by atoms with van der Waals surface area (Å²) in [6.07, 6.45) is 1.60. The summed E-state index contributed by atoms with van der Waals surface area (Å²) in [7, 11) is 0. The number of hydrogen-bond acceptors (Lipinski definition) is 6. The Morgan fingerprint density at radius 1 is 1.09 bits per heavy atom. The molecule has 1 heterocycles. The second-order valence-electron chi connectivity index (χ2n) is 7.11. The van der Waals surface area contributed by atoms with Crippen LogP contribution in [0.4, 0.5) is 11.4 Å². The van der Waals surface area contributed by atoms with Crippen LogP contribution in [0.15, 0.2) is 77.7 Å². The number of ether oxygens (including phenoxy) is 1. The summed E-state index contributed by atoms with van der Waals surface area (Å²) >= 11 is 6.59. The summed E-state index contributed by atoms with van der Waals surface area (Å²) < 4.78 is 6.33. The molecule has 1 saturated heterocycles. The fourth-order valence-corrected chi connectivity index (χ4v) is 4.44. The second-order valence-corrected chi connectivity index (χ2v) is 8.78. The highest BCUT2D eigenvalue weighted by Gasteiger charge is 2.33. The van der Waals surface area contributed by atoms with Crippen molar-refractivity contribution in [2.75, 3.05) is 4.90 Å². The largest absolute Gasteiger partial charge is 0.488 e. The minimum absolute atomic E-state index is 0.0858. The van der Waals surface area contributed by atoms with Gasteiger partial charge in [-0.05, 0) is 36.8 Å². The molecule has 0 bridgehead atoms. The molecule has 6 nitrogen and oxygen atoms in total. The fourth-order valence-electron chi connectivity index (χ4n) is 3.15. The third-order valence-corrected chi connectivity index (χ3v) is 6.12. The van der Waals surface area contributed by atoms with Crippen LogP contribution in [0, 0.1) is 17.0 Å². The Morgan fingerprint density at radius 2 is 1.81 bits per heavy atom. The summed E-state index contributed by atoms with van der Waals surface area (Å²) in [5.74, 6) is 0.171. The van der Waals surface area contributed by atoms with E-state index in [1.54, 1.807) is 12.1 Å². The standard InChI is InChI=1S/C24H18N2O4S2/c1-16-7-9-19(10-8-16)25-23(27)22(32-24(25)31)14-18-13-20(26(28)29)11-12-21(18)30-15-17-5-3-2-4-6-17/h2-14H,15H2,1H3/b22-14-. The van der Waals surface area contributed by atoms with E-state index in [4.69, 9.17) is 17.0 Å². The maximum Gasteiger partial charge on any atom is 0.270 e. The van der Waals surface area contributed by atoms with Gasteiger partial charge in [-0.1, -0.05) is 72.0 Å². The molecule has 0 saturated carbocycles. The van der Waals surface area contributed by atoms with E-state index in [1.165, 1.54) is 17.0 Å². The number of carbonyl (C=O) groups excluding carboxylic acids is 1. The number of rotatable bonds is 6. The van der Waals surface area contributed by atoms with Crippen molar-refractivity contribution < 1.29 is 14.5 Å². The van der Waals surface area contributed by atoms with Gasteiger partial charge in [0.2, 0.25) is 0 Å². The van der Waals surface area contributed by atoms with Gasteiger partial charge in [-0.15, -0.1) is 0 Å². The lowest BCUT2D eigenvalue weighted by Gasteiger charge is -2.14. The summed E-state index contributed by atoms with van der Waals surface area (Å²) in [4.78, 5) is 25.8. The Kier molecular flexibility index (Phi) is 6.34. The molecule has 4 rings (SSSR count). The zero-order chi connectivity index (χ0) is 22.7. The molecule has 1 aliphatic heterocycles. The predicted octanol–water partition coefficient (Wildman–Crippen LogP) is 5.89. The van der Waals surface area contributed by atoms with Gasteiger partial charge in [-0.2, -0.15) is 0 Å². The van der Waals surface area contributed by atoms with Crippen LogP contribution in [0.3, 0.4) is 0 Å². The smallest absolute Gasteiger partial charge is 0.270 e. The molecule has 0 spiro atoms. The first-order chi connectivity index (χ1) is 15.4. The Bertz CT molecular complexity index is 1220. The number of non-ortho nitro benzene ring substituents is 1. The molecule has 0 unspecified atom stereocenters. The molecular formula is C24H18N2O4S2. The first-order valence-corrected chi connectivity index (χ1v) is 10.9. The number of amides is 1. The molecule has 160 valence electrons. The van der Waals surface area contributed by atoms with E-state index in [1.807, 2.05) is 61.5 Å². The average Bonchev–Trinajstić information content (AvgIpc) is 3.07. The summed E-state index contributed by atoms with van der Waals surface area (Å²) in [6, 6.07) is 21.4. The maximum absolute atomic E-state index is 13.1.